The molecule has 2 aliphatic carbocycles. The van der Waals surface area contributed by atoms with Crippen LogP contribution in [0.3, 0.4) is 0 Å². The van der Waals surface area contributed by atoms with Gasteiger partial charge in [-0.2, -0.15) is 5.26 Å². The second-order valence-electron chi connectivity index (χ2n) is 12.6. The first-order valence-electron chi connectivity index (χ1n) is 16.2. The maximum absolute atomic E-state index is 14.2. The molecule has 2 heterocycles. The van der Waals surface area contributed by atoms with E-state index in [-0.39, 0.29) is 5.43 Å². The van der Waals surface area contributed by atoms with Gasteiger partial charge in [0.1, 0.15) is 5.82 Å². The second kappa shape index (κ2) is 10.3. The third-order valence-electron chi connectivity index (χ3n) is 10.1. The van der Waals surface area contributed by atoms with E-state index in [9.17, 15) is 10.1 Å². The highest BCUT2D eigenvalue weighted by Crippen LogP contribution is 2.63. The van der Waals surface area contributed by atoms with E-state index >= 15 is 0 Å². The summed E-state index contributed by atoms with van der Waals surface area (Å²) in [6, 6.07) is 52.5. The van der Waals surface area contributed by atoms with Crippen molar-refractivity contribution in [1.82, 2.24) is 4.98 Å². The maximum atomic E-state index is 14.2. The standard InChI is InChI=1S/C44H25N3OS/c45-26-27-17-19-33-40(22-27)49-41-25-34-31-13-5-7-15-37(31)44(39(34)24-35(41)43(33)48)36-14-6-4-12-30(36)32-20-18-29(23-38(32)44)47(28-10-2-1-3-11-28)42-16-8-9-21-46-42/h1-25H. The lowest BCUT2D eigenvalue weighted by molar-refractivity contribution is 0.795. The predicted octanol–water partition coefficient (Wildman–Crippen LogP) is 10.5. The highest BCUT2D eigenvalue weighted by molar-refractivity contribution is 7.24. The molecule has 0 radical (unpaired) electrons. The molecule has 1 unspecified atom stereocenters. The SMILES string of the molecule is N#Cc1ccc2c(=O)c3cc4c(cc3sc2c1)-c1ccccc1C41c2ccccc2-c2ccc(N(c3ccccc3)c3ccccn3)cc21. The van der Waals surface area contributed by atoms with Crippen molar-refractivity contribution in [1.29, 1.82) is 5.26 Å². The van der Waals surface area contributed by atoms with Gasteiger partial charge in [0, 0.05) is 37.7 Å². The van der Waals surface area contributed by atoms with Gasteiger partial charge in [-0.3, -0.25) is 9.69 Å². The minimum absolute atomic E-state index is 0.00666. The molecule has 0 saturated carbocycles. The van der Waals surface area contributed by atoms with Gasteiger partial charge in [-0.1, -0.05) is 78.9 Å². The lowest BCUT2D eigenvalue weighted by Gasteiger charge is -2.32. The summed E-state index contributed by atoms with van der Waals surface area (Å²) in [7, 11) is 0. The van der Waals surface area contributed by atoms with E-state index in [0.29, 0.717) is 16.3 Å². The summed E-state index contributed by atoms with van der Waals surface area (Å²) in [5.41, 5.74) is 11.4. The summed E-state index contributed by atoms with van der Waals surface area (Å²) >= 11 is 1.57. The minimum Gasteiger partial charge on any atom is -0.295 e. The molecule has 0 saturated heterocycles. The largest absolute Gasteiger partial charge is 0.295 e. The first-order valence-corrected chi connectivity index (χ1v) is 17.0. The Morgan fingerprint density at radius 3 is 2.00 bits per heavy atom. The van der Waals surface area contributed by atoms with Crippen LogP contribution in [-0.4, -0.2) is 4.98 Å². The number of nitrogens with zero attached hydrogens (tertiary/aromatic N) is 3. The number of rotatable bonds is 3. The zero-order chi connectivity index (χ0) is 32.7. The lowest BCUT2D eigenvalue weighted by atomic mass is 9.70. The highest BCUT2D eigenvalue weighted by Gasteiger charge is 2.52. The molecule has 0 aliphatic heterocycles. The Kier molecular flexibility index (Phi) is 5.84. The highest BCUT2D eigenvalue weighted by atomic mass is 32.1. The first kappa shape index (κ1) is 27.7. The van der Waals surface area contributed by atoms with Gasteiger partial charge < -0.3 is 0 Å². The maximum Gasteiger partial charge on any atom is 0.195 e. The third-order valence-corrected chi connectivity index (χ3v) is 11.3. The van der Waals surface area contributed by atoms with Crippen LogP contribution in [-0.2, 0) is 5.41 Å². The number of nitriles is 1. The van der Waals surface area contributed by atoms with E-state index in [4.69, 9.17) is 4.98 Å². The number of anilines is 3. The Morgan fingerprint density at radius 2 is 1.24 bits per heavy atom. The van der Waals surface area contributed by atoms with E-state index in [1.807, 2.05) is 36.5 Å². The quantitative estimate of drug-likeness (QED) is 0.180. The summed E-state index contributed by atoms with van der Waals surface area (Å²) in [4.78, 5) is 21.2. The van der Waals surface area contributed by atoms with Crippen LogP contribution in [0.4, 0.5) is 17.2 Å². The summed E-state index contributed by atoms with van der Waals surface area (Å²) in [5.74, 6) is 0.834. The molecule has 0 amide bonds. The number of para-hydroxylation sites is 1. The Bertz CT molecular complexity index is 2730. The van der Waals surface area contributed by atoms with E-state index in [1.54, 1.807) is 23.5 Å². The predicted molar refractivity (Wildman–Crippen MR) is 199 cm³/mol. The zero-order valence-electron chi connectivity index (χ0n) is 26.1. The van der Waals surface area contributed by atoms with E-state index in [2.05, 4.69) is 114 Å². The molecule has 2 aromatic heterocycles. The van der Waals surface area contributed by atoms with Gasteiger partial charge in [-0.05, 0) is 111 Å². The van der Waals surface area contributed by atoms with Crippen molar-refractivity contribution >= 4 is 48.7 Å². The molecular weight excluding hydrogens is 619 g/mol. The van der Waals surface area contributed by atoms with Gasteiger partial charge in [-0.15, -0.1) is 11.3 Å². The van der Waals surface area contributed by atoms with Crippen molar-refractivity contribution in [2.24, 2.45) is 0 Å². The number of hydrogen-bond acceptors (Lipinski definition) is 5. The first-order chi connectivity index (χ1) is 24.2. The number of hydrogen-bond donors (Lipinski definition) is 0. The molecule has 8 aromatic rings. The number of pyridine rings is 1. The summed E-state index contributed by atoms with van der Waals surface area (Å²) in [6.45, 7) is 0. The van der Waals surface area contributed by atoms with Crippen LogP contribution < -0.4 is 10.3 Å². The van der Waals surface area contributed by atoms with Crippen molar-refractivity contribution in [2.45, 2.75) is 5.41 Å². The molecule has 0 N–H and O–H groups in total. The van der Waals surface area contributed by atoms with E-state index in [0.717, 1.165) is 37.7 Å². The van der Waals surface area contributed by atoms with Gasteiger partial charge in [-0.25, -0.2) is 4.98 Å². The van der Waals surface area contributed by atoms with E-state index < -0.39 is 5.41 Å². The van der Waals surface area contributed by atoms with Gasteiger partial charge in [0.2, 0.25) is 0 Å². The Balaban J connectivity index is 1.31. The summed E-state index contributed by atoms with van der Waals surface area (Å²) in [5, 5.41) is 10.9. The number of benzene rings is 6. The smallest absolute Gasteiger partial charge is 0.195 e. The van der Waals surface area contributed by atoms with Crippen LogP contribution in [0.2, 0.25) is 0 Å². The van der Waals surface area contributed by atoms with Gasteiger partial charge in [0.25, 0.3) is 0 Å². The molecule has 4 nitrogen and oxygen atoms in total. The fourth-order valence-corrected chi connectivity index (χ4v) is 9.29. The Hall–Kier alpha value is -6.35. The van der Waals surface area contributed by atoms with Crippen molar-refractivity contribution < 1.29 is 0 Å². The Morgan fingerprint density at radius 1 is 0.571 bits per heavy atom. The molecule has 228 valence electrons. The van der Waals surface area contributed by atoms with Crippen LogP contribution in [0.5, 0.6) is 0 Å². The van der Waals surface area contributed by atoms with Crippen LogP contribution in [0.25, 0.3) is 42.4 Å². The normalized spacial score (nSPS) is 15.1. The molecular formula is C44H25N3OS. The average molecular weight is 644 g/mol. The molecule has 1 spiro atoms. The molecule has 6 aromatic carbocycles. The fourth-order valence-electron chi connectivity index (χ4n) is 8.16. The van der Waals surface area contributed by atoms with Crippen molar-refractivity contribution in [3.05, 3.63) is 190 Å². The van der Waals surface area contributed by atoms with Gasteiger partial charge in [0.15, 0.2) is 5.43 Å². The number of fused-ring (bicyclic) bond motifs is 12. The van der Waals surface area contributed by atoms with Gasteiger partial charge in [0.05, 0.1) is 17.0 Å². The molecule has 2 aliphatic rings. The molecule has 0 fully saturated rings. The molecule has 5 heteroatoms. The lowest BCUT2D eigenvalue weighted by Crippen LogP contribution is -2.26. The fraction of sp³-hybridized carbons (Fsp3) is 0.0227. The summed E-state index contributed by atoms with van der Waals surface area (Å²) < 4.78 is 1.75. The van der Waals surface area contributed by atoms with Crippen LogP contribution in [0.15, 0.2) is 157 Å². The third kappa shape index (κ3) is 3.78. The van der Waals surface area contributed by atoms with Gasteiger partial charge >= 0.3 is 0 Å². The number of aromatic nitrogens is 1. The van der Waals surface area contributed by atoms with Crippen LogP contribution >= 0.6 is 11.3 Å². The van der Waals surface area contributed by atoms with E-state index in [1.165, 1.54) is 33.4 Å². The van der Waals surface area contributed by atoms with Crippen LogP contribution in [0.1, 0.15) is 27.8 Å². The summed E-state index contributed by atoms with van der Waals surface area (Å²) in [6.07, 6.45) is 1.83. The Labute approximate surface area is 286 Å². The monoisotopic (exact) mass is 643 g/mol. The topological polar surface area (TPSA) is 57.0 Å². The minimum atomic E-state index is -0.634. The van der Waals surface area contributed by atoms with Crippen LogP contribution in [0, 0.1) is 11.3 Å². The average Bonchev–Trinajstić information content (AvgIpc) is 3.61. The molecule has 1 atom stereocenters. The molecule has 10 rings (SSSR count). The second-order valence-corrected chi connectivity index (χ2v) is 13.7. The molecule has 49 heavy (non-hydrogen) atoms. The zero-order valence-corrected chi connectivity index (χ0v) is 26.9. The van der Waals surface area contributed by atoms with Crippen molar-refractivity contribution in [3.8, 4) is 28.3 Å². The van der Waals surface area contributed by atoms with Crippen molar-refractivity contribution in [2.75, 3.05) is 4.90 Å². The van der Waals surface area contributed by atoms with Crippen molar-refractivity contribution in [3.63, 3.8) is 0 Å². The molecule has 0 bridgehead atoms.